The van der Waals surface area contributed by atoms with Crippen molar-refractivity contribution in [2.75, 3.05) is 0 Å². The van der Waals surface area contributed by atoms with Crippen molar-refractivity contribution in [3.8, 4) is 5.75 Å². The molecule has 25 heavy (non-hydrogen) atoms. The van der Waals surface area contributed by atoms with Crippen LogP contribution in [0.4, 0.5) is 13.2 Å². The highest BCUT2D eigenvalue weighted by atomic mass is 35.5. The van der Waals surface area contributed by atoms with Crippen LogP contribution in [0.15, 0.2) is 42.5 Å². The summed E-state index contributed by atoms with van der Waals surface area (Å²) in [4.78, 5) is 11.4. The molecule has 1 heterocycles. The Kier molecular flexibility index (Phi) is 4.62. The summed E-state index contributed by atoms with van der Waals surface area (Å²) in [5.74, 6) is -1.00. The number of benzene rings is 2. The van der Waals surface area contributed by atoms with Gasteiger partial charge in [-0.2, -0.15) is 13.2 Å². The predicted octanol–water partition coefficient (Wildman–Crippen LogP) is 5.85. The van der Waals surface area contributed by atoms with E-state index in [2.05, 4.69) is 0 Å². The number of hydrogen-bond donors (Lipinski definition) is 1. The normalized spacial score (nSPS) is 11.7. The third-order valence-corrected chi connectivity index (χ3v) is 4.78. The van der Waals surface area contributed by atoms with E-state index in [4.69, 9.17) is 16.3 Å². The molecule has 0 aliphatic rings. The molecular weight excluding hydrogens is 377 g/mol. The number of hydrogen-bond acceptors (Lipinski definition) is 3. The van der Waals surface area contributed by atoms with Gasteiger partial charge in [0.1, 0.15) is 12.2 Å². The fraction of sp³-hybridized carbons (Fsp3) is 0.118. The number of carboxylic acids is 1. The number of alkyl halides is 3. The molecule has 0 spiro atoms. The molecule has 130 valence electrons. The summed E-state index contributed by atoms with van der Waals surface area (Å²) in [6.07, 6.45) is -4.41. The lowest BCUT2D eigenvalue weighted by Crippen LogP contribution is -2.06. The van der Waals surface area contributed by atoms with Crippen molar-refractivity contribution in [2.24, 2.45) is 0 Å². The molecule has 0 aliphatic heterocycles. The van der Waals surface area contributed by atoms with E-state index in [1.54, 1.807) is 12.1 Å². The molecule has 0 amide bonds. The van der Waals surface area contributed by atoms with E-state index in [-0.39, 0.29) is 17.9 Å². The van der Waals surface area contributed by atoms with Crippen molar-refractivity contribution in [1.82, 2.24) is 0 Å². The number of thiophene rings is 1. The molecule has 3 rings (SSSR count). The molecule has 0 bridgehead atoms. The van der Waals surface area contributed by atoms with Gasteiger partial charge in [0.05, 0.1) is 14.6 Å². The summed E-state index contributed by atoms with van der Waals surface area (Å²) in [6, 6.07) is 9.24. The number of carbonyl (C=O) groups is 1. The summed E-state index contributed by atoms with van der Waals surface area (Å²) in [5, 5.41) is 10.1. The van der Waals surface area contributed by atoms with Crippen LogP contribution in [0.2, 0.25) is 4.34 Å². The highest BCUT2D eigenvalue weighted by Crippen LogP contribution is 2.39. The molecular formula is C17H10ClF3O3S. The molecule has 0 fully saturated rings. The molecule has 1 aromatic heterocycles. The largest absolute Gasteiger partial charge is 0.486 e. The number of ether oxygens (including phenoxy) is 1. The molecule has 3 nitrogen and oxygen atoms in total. The second-order valence-corrected chi connectivity index (χ2v) is 6.88. The molecule has 1 N–H and O–H groups in total. The number of fused-ring (bicyclic) bond motifs is 1. The van der Waals surface area contributed by atoms with Gasteiger partial charge in [0.2, 0.25) is 0 Å². The van der Waals surface area contributed by atoms with Crippen LogP contribution in [0.5, 0.6) is 5.75 Å². The first kappa shape index (κ1) is 17.6. The van der Waals surface area contributed by atoms with E-state index in [0.717, 1.165) is 17.5 Å². The summed E-state index contributed by atoms with van der Waals surface area (Å²) < 4.78 is 44.4. The van der Waals surface area contributed by atoms with Crippen LogP contribution in [-0.4, -0.2) is 11.1 Å². The highest BCUT2D eigenvalue weighted by molar-refractivity contribution is 7.23. The van der Waals surface area contributed by atoms with Crippen molar-refractivity contribution in [3.63, 3.8) is 0 Å². The first-order chi connectivity index (χ1) is 11.8. The third-order valence-electron chi connectivity index (χ3n) is 3.51. The van der Waals surface area contributed by atoms with Gasteiger partial charge >= 0.3 is 12.1 Å². The number of rotatable bonds is 4. The van der Waals surface area contributed by atoms with E-state index in [1.807, 2.05) is 0 Å². The fourth-order valence-electron chi connectivity index (χ4n) is 2.30. The lowest BCUT2D eigenvalue weighted by Gasteiger charge is -2.11. The van der Waals surface area contributed by atoms with E-state index < -0.39 is 17.7 Å². The van der Waals surface area contributed by atoms with Crippen molar-refractivity contribution in [1.29, 1.82) is 0 Å². The SMILES string of the molecule is O=C(O)c1ccc2cc(Cl)sc2c1OCc1ccc(C(F)(F)F)cc1. The Morgan fingerprint density at radius 1 is 1.16 bits per heavy atom. The number of carboxylic acid groups (broad SMARTS) is 1. The van der Waals surface area contributed by atoms with Crippen LogP contribution in [0.3, 0.4) is 0 Å². The molecule has 3 aromatic rings. The van der Waals surface area contributed by atoms with Gasteiger partial charge in [-0.25, -0.2) is 4.79 Å². The Labute approximate surface area is 149 Å². The molecule has 8 heteroatoms. The van der Waals surface area contributed by atoms with E-state index in [1.165, 1.54) is 29.5 Å². The standard InChI is InChI=1S/C17H10ClF3O3S/c18-13-7-10-3-6-12(16(22)23)14(15(10)25-13)24-8-9-1-4-11(5-2-9)17(19,20)21/h1-7H,8H2,(H,22,23). The Hall–Kier alpha value is -2.25. The van der Waals surface area contributed by atoms with Crippen molar-refractivity contribution in [2.45, 2.75) is 12.8 Å². The molecule has 2 aromatic carbocycles. The third kappa shape index (κ3) is 3.72. The molecule has 0 aliphatic carbocycles. The predicted molar refractivity (Wildman–Crippen MR) is 89.6 cm³/mol. The van der Waals surface area contributed by atoms with Gasteiger partial charge < -0.3 is 9.84 Å². The van der Waals surface area contributed by atoms with Crippen LogP contribution in [0.1, 0.15) is 21.5 Å². The van der Waals surface area contributed by atoms with Crippen LogP contribution >= 0.6 is 22.9 Å². The topological polar surface area (TPSA) is 46.5 Å². The Bertz CT molecular complexity index is 933. The maximum absolute atomic E-state index is 12.6. The lowest BCUT2D eigenvalue weighted by molar-refractivity contribution is -0.137. The van der Waals surface area contributed by atoms with Gasteiger partial charge in [0.25, 0.3) is 0 Å². The van der Waals surface area contributed by atoms with Crippen LogP contribution < -0.4 is 4.74 Å². The van der Waals surface area contributed by atoms with Gasteiger partial charge in [-0.1, -0.05) is 29.8 Å². The quantitative estimate of drug-likeness (QED) is 0.611. The minimum Gasteiger partial charge on any atom is -0.486 e. The smallest absolute Gasteiger partial charge is 0.416 e. The summed E-state index contributed by atoms with van der Waals surface area (Å²) >= 11 is 7.15. The van der Waals surface area contributed by atoms with E-state index in [9.17, 15) is 23.1 Å². The first-order valence-electron chi connectivity index (χ1n) is 7.00. The van der Waals surface area contributed by atoms with Gasteiger partial charge in [-0.3, -0.25) is 0 Å². The van der Waals surface area contributed by atoms with Gasteiger partial charge in [-0.15, -0.1) is 11.3 Å². The van der Waals surface area contributed by atoms with Crippen molar-refractivity contribution < 1.29 is 27.8 Å². The van der Waals surface area contributed by atoms with Crippen molar-refractivity contribution >= 4 is 39.0 Å². The van der Waals surface area contributed by atoms with Gasteiger partial charge in [-0.05, 0) is 35.2 Å². The Balaban J connectivity index is 1.90. The number of aromatic carboxylic acids is 1. The fourth-order valence-corrected chi connectivity index (χ4v) is 3.54. The van der Waals surface area contributed by atoms with Crippen LogP contribution in [0.25, 0.3) is 10.1 Å². The zero-order chi connectivity index (χ0) is 18.2. The summed E-state index contributed by atoms with van der Waals surface area (Å²) in [6.45, 7) is -0.0625. The summed E-state index contributed by atoms with van der Waals surface area (Å²) in [7, 11) is 0. The van der Waals surface area contributed by atoms with Gasteiger partial charge in [0.15, 0.2) is 5.75 Å². The Morgan fingerprint density at radius 2 is 1.84 bits per heavy atom. The maximum Gasteiger partial charge on any atom is 0.416 e. The monoisotopic (exact) mass is 386 g/mol. The highest BCUT2D eigenvalue weighted by Gasteiger charge is 2.30. The summed E-state index contributed by atoms with van der Waals surface area (Å²) in [5.41, 5.74) is -0.295. The molecule has 0 saturated carbocycles. The zero-order valence-corrected chi connectivity index (χ0v) is 14.0. The minimum atomic E-state index is -4.41. The van der Waals surface area contributed by atoms with E-state index >= 15 is 0 Å². The maximum atomic E-state index is 12.6. The average Bonchev–Trinajstić information content (AvgIpc) is 2.92. The minimum absolute atomic E-state index is 0.0297. The second-order valence-electron chi connectivity index (χ2n) is 5.20. The lowest BCUT2D eigenvalue weighted by atomic mass is 10.1. The van der Waals surface area contributed by atoms with Crippen LogP contribution in [-0.2, 0) is 12.8 Å². The molecule has 0 radical (unpaired) electrons. The average molecular weight is 387 g/mol. The molecule has 0 atom stereocenters. The first-order valence-corrected chi connectivity index (χ1v) is 8.19. The second kappa shape index (κ2) is 6.57. The Morgan fingerprint density at radius 3 is 2.44 bits per heavy atom. The molecule has 0 unspecified atom stereocenters. The van der Waals surface area contributed by atoms with E-state index in [0.29, 0.717) is 14.6 Å². The van der Waals surface area contributed by atoms with Crippen LogP contribution in [0, 0.1) is 0 Å². The molecule has 0 saturated heterocycles. The number of halogens is 4. The van der Waals surface area contributed by atoms with Crippen molar-refractivity contribution in [3.05, 3.63) is 63.5 Å². The zero-order valence-electron chi connectivity index (χ0n) is 12.4. The van der Waals surface area contributed by atoms with Gasteiger partial charge in [0, 0.05) is 0 Å².